The highest BCUT2D eigenvalue weighted by Crippen LogP contribution is 2.57. The van der Waals surface area contributed by atoms with Gasteiger partial charge in [0.15, 0.2) is 5.78 Å². The van der Waals surface area contributed by atoms with Crippen molar-refractivity contribution in [3.8, 4) is 0 Å². The van der Waals surface area contributed by atoms with Crippen LogP contribution in [0.5, 0.6) is 0 Å². The molecule has 20 heavy (non-hydrogen) atoms. The lowest BCUT2D eigenvalue weighted by Crippen LogP contribution is -2.43. The molecule has 4 rings (SSSR count). The first-order valence-corrected chi connectivity index (χ1v) is 8.00. The SMILES string of the molecule is C[C@]12CC=C3C4=C(CCC3[C@@H]1CC[C@@H]2O)NCCC4=O. The van der Waals surface area contributed by atoms with E-state index in [4.69, 9.17) is 0 Å². The van der Waals surface area contributed by atoms with Crippen LogP contribution in [0.3, 0.4) is 0 Å². The number of ketones is 1. The minimum atomic E-state index is -0.166. The van der Waals surface area contributed by atoms with E-state index < -0.39 is 0 Å². The van der Waals surface area contributed by atoms with Crippen LogP contribution < -0.4 is 5.32 Å². The first-order chi connectivity index (χ1) is 9.61. The number of fused-ring (bicyclic) bond motifs is 4. The van der Waals surface area contributed by atoms with Gasteiger partial charge < -0.3 is 10.4 Å². The van der Waals surface area contributed by atoms with E-state index >= 15 is 0 Å². The van der Waals surface area contributed by atoms with Gasteiger partial charge in [-0.15, -0.1) is 0 Å². The Bertz CT molecular complexity index is 533. The summed E-state index contributed by atoms with van der Waals surface area (Å²) in [5, 5.41) is 13.8. The van der Waals surface area contributed by atoms with Gasteiger partial charge in [0.05, 0.1) is 6.10 Å². The van der Waals surface area contributed by atoms with Crippen molar-refractivity contribution in [1.29, 1.82) is 0 Å². The number of rotatable bonds is 0. The van der Waals surface area contributed by atoms with Gasteiger partial charge in [0.2, 0.25) is 0 Å². The molecule has 0 saturated heterocycles. The van der Waals surface area contributed by atoms with Crippen molar-refractivity contribution in [3.63, 3.8) is 0 Å². The average molecular weight is 273 g/mol. The Morgan fingerprint density at radius 1 is 1.30 bits per heavy atom. The van der Waals surface area contributed by atoms with E-state index in [-0.39, 0.29) is 11.5 Å². The summed E-state index contributed by atoms with van der Waals surface area (Å²) in [7, 11) is 0. The molecule has 4 atom stereocenters. The second kappa shape index (κ2) is 4.20. The maximum absolute atomic E-state index is 12.3. The fourth-order valence-electron chi connectivity index (χ4n) is 5.09. The van der Waals surface area contributed by atoms with Crippen molar-refractivity contribution in [2.24, 2.45) is 17.3 Å². The van der Waals surface area contributed by atoms with Crippen LogP contribution >= 0.6 is 0 Å². The minimum absolute atomic E-state index is 0.0391. The van der Waals surface area contributed by atoms with E-state index in [1.807, 2.05) is 0 Å². The van der Waals surface area contributed by atoms with Gasteiger partial charge in [-0.1, -0.05) is 13.0 Å². The third-order valence-corrected chi connectivity index (χ3v) is 6.27. The Labute approximate surface area is 120 Å². The van der Waals surface area contributed by atoms with Crippen LogP contribution in [0.15, 0.2) is 22.9 Å². The molecule has 3 nitrogen and oxygen atoms in total. The van der Waals surface area contributed by atoms with E-state index in [0.29, 0.717) is 24.0 Å². The summed E-state index contributed by atoms with van der Waals surface area (Å²) in [5.74, 6) is 1.38. The van der Waals surface area contributed by atoms with E-state index in [9.17, 15) is 9.90 Å². The molecule has 0 aromatic heterocycles. The summed E-state index contributed by atoms with van der Waals surface area (Å²) in [6, 6.07) is 0. The van der Waals surface area contributed by atoms with Crippen molar-refractivity contribution in [2.45, 2.75) is 51.6 Å². The lowest BCUT2D eigenvalue weighted by atomic mass is 9.59. The van der Waals surface area contributed by atoms with E-state index in [2.05, 4.69) is 18.3 Å². The summed E-state index contributed by atoms with van der Waals surface area (Å²) in [6.45, 7) is 3.04. The predicted octanol–water partition coefficient (Wildman–Crippen LogP) is 2.32. The highest BCUT2D eigenvalue weighted by molar-refractivity contribution is 6.01. The van der Waals surface area contributed by atoms with Crippen molar-refractivity contribution in [2.75, 3.05) is 6.54 Å². The Hall–Kier alpha value is -1.09. The fraction of sp³-hybridized carbons (Fsp3) is 0.706. The van der Waals surface area contributed by atoms with Crippen LogP contribution in [0, 0.1) is 17.3 Å². The molecule has 1 heterocycles. The Morgan fingerprint density at radius 2 is 2.15 bits per heavy atom. The second-order valence-electron chi connectivity index (χ2n) is 7.17. The highest BCUT2D eigenvalue weighted by Gasteiger charge is 2.52. The number of Topliss-reactive ketones (excluding diaryl/α,β-unsaturated/α-hetero) is 1. The topological polar surface area (TPSA) is 49.3 Å². The van der Waals surface area contributed by atoms with Crippen LogP contribution in [0.25, 0.3) is 0 Å². The quantitative estimate of drug-likeness (QED) is 0.712. The van der Waals surface area contributed by atoms with Gasteiger partial charge in [0.1, 0.15) is 0 Å². The molecule has 3 heteroatoms. The fourth-order valence-corrected chi connectivity index (χ4v) is 5.09. The van der Waals surface area contributed by atoms with Crippen molar-refractivity contribution < 1.29 is 9.90 Å². The molecule has 2 N–H and O–H groups in total. The van der Waals surface area contributed by atoms with Crippen molar-refractivity contribution in [3.05, 3.63) is 22.9 Å². The molecular formula is C17H23NO2. The molecule has 1 aliphatic heterocycles. The van der Waals surface area contributed by atoms with Crippen molar-refractivity contribution in [1.82, 2.24) is 5.32 Å². The van der Waals surface area contributed by atoms with Gasteiger partial charge in [-0.05, 0) is 49.5 Å². The second-order valence-corrected chi connectivity index (χ2v) is 7.17. The number of hydrogen-bond acceptors (Lipinski definition) is 3. The zero-order valence-corrected chi connectivity index (χ0v) is 12.1. The number of carbonyl (C=O) groups is 1. The van der Waals surface area contributed by atoms with Gasteiger partial charge in [-0.25, -0.2) is 0 Å². The maximum atomic E-state index is 12.3. The molecular weight excluding hydrogens is 250 g/mol. The van der Waals surface area contributed by atoms with Crippen LogP contribution in [-0.4, -0.2) is 23.5 Å². The lowest BCUT2D eigenvalue weighted by molar-refractivity contribution is -0.115. The molecule has 0 bridgehead atoms. The maximum Gasteiger partial charge on any atom is 0.166 e. The van der Waals surface area contributed by atoms with Gasteiger partial charge in [-0.3, -0.25) is 4.79 Å². The third kappa shape index (κ3) is 1.53. The lowest BCUT2D eigenvalue weighted by Gasteiger charge is -2.46. The summed E-state index contributed by atoms with van der Waals surface area (Å²) in [4.78, 5) is 12.3. The van der Waals surface area contributed by atoms with Gasteiger partial charge in [0, 0.05) is 29.7 Å². The zero-order chi connectivity index (χ0) is 13.9. The summed E-state index contributed by atoms with van der Waals surface area (Å²) < 4.78 is 0. The Morgan fingerprint density at radius 3 is 3.00 bits per heavy atom. The molecule has 1 fully saturated rings. The normalized spacial score (nSPS) is 43.4. The molecule has 0 amide bonds. The first kappa shape index (κ1) is 12.6. The van der Waals surface area contributed by atoms with Crippen LogP contribution in [0.2, 0.25) is 0 Å². The summed E-state index contributed by atoms with van der Waals surface area (Å²) in [5.41, 5.74) is 3.54. The molecule has 3 aliphatic carbocycles. The molecule has 0 radical (unpaired) electrons. The summed E-state index contributed by atoms with van der Waals surface area (Å²) in [6.07, 6.45) is 7.85. The Balaban J connectivity index is 1.77. The standard InChI is InChI=1S/C17H23NO2/c1-17-8-6-11-10(12(17)3-5-15(17)20)2-4-13-16(11)14(19)7-9-18-13/h6,10,12,15,18,20H,2-5,7-9H2,1H3/t10?,12-,15-,17-/m0/s1. The minimum Gasteiger partial charge on any atom is -0.393 e. The highest BCUT2D eigenvalue weighted by atomic mass is 16.3. The van der Waals surface area contributed by atoms with Crippen molar-refractivity contribution >= 4 is 5.78 Å². The molecule has 1 saturated carbocycles. The zero-order valence-electron chi connectivity index (χ0n) is 12.1. The van der Waals surface area contributed by atoms with Crippen LogP contribution in [0.4, 0.5) is 0 Å². The Kier molecular flexibility index (Phi) is 2.65. The average Bonchev–Trinajstić information content (AvgIpc) is 2.75. The molecule has 108 valence electrons. The molecule has 4 aliphatic rings. The van der Waals surface area contributed by atoms with Crippen LogP contribution in [0.1, 0.15) is 45.4 Å². The van der Waals surface area contributed by atoms with Gasteiger partial charge >= 0.3 is 0 Å². The number of aliphatic hydroxyl groups excluding tert-OH is 1. The monoisotopic (exact) mass is 273 g/mol. The number of aliphatic hydroxyl groups is 1. The predicted molar refractivity (Wildman–Crippen MR) is 76.9 cm³/mol. The number of hydrogen-bond donors (Lipinski definition) is 2. The first-order valence-electron chi connectivity index (χ1n) is 8.00. The third-order valence-electron chi connectivity index (χ3n) is 6.27. The largest absolute Gasteiger partial charge is 0.393 e. The number of allylic oxidation sites excluding steroid dienone is 4. The van der Waals surface area contributed by atoms with E-state index in [1.54, 1.807) is 0 Å². The van der Waals surface area contributed by atoms with Gasteiger partial charge in [0.25, 0.3) is 0 Å². The number of carbonyl (C=O) groups excluding carboxylic acids is 1. The summed E-state index contributed by atoms with van der Waals surface area (Å²) >= 11 is 0. The van der Waals surface area contributed by atoms with Gasteiger partial charge in [-0.2, -0.15) is 0 Å². The molecule has 0 aromatic carbocycles. The molecule has 0 aromatic rings. The molecule has 0 spiro atoms. The molecule has 1 unspecified atom stereocenters. The van der Waals surface area contributed by atoms with Crippen LogP contribution in [-0.2, 0) is 4.79 Å². The van der Waals surface area contributed by atoms with E-state index in [1.165, 1.54) is 11.3 Å². The smallest absolute Gasteiger partial charge is 0.166 e. The number of nitrogens with one attached hydrogen (secondary N) is 1. The van der Waals surface area contributed by atoms with E-state index in [0.717, 1.165) is 44.2 Å².